The molecule has 0 aromatic heterocycles. The molecule has 4 nitrogen and oxygen atoms in total. The number of sulfone groups is 1. The summed E-state index contributed by atoms with van der Waals surface area (Å²) in [6.45, 7) is -1.51. The van der Waals surface area contributed by atoms with Gasteiger partial charge in [-0.1, -0.05) is 12.1 Å². The van der Waals surface area contributed by atoms with Gasteiger partial charge in [-0.05, 0) is 17.7 Å². The first-order valence-electron chi connectivity index (χ1n) is 5.45. The van der Waals surface area contributed by atoms with Gasteiger partial charge >= 0.3 is 11.9 Å². The van der Waals surface area contributed by atoms with Crippen molar-refractivity contribution in [2.24, 2.45) is 0 Å². The Morgan fingerprint density at radius 3 is 2.10 bits per heavy atom. The summed E-state index contributed by atoms with van der Waals surface area (Å²) in [6.07, 6.45) is -4.55. The zero-order chi connectivity index (χ0) is 16.3. The lowest BCUT2D eigenvalue weighted by molar-refractivity contribution is -0.123. The lowest BCUT2D eigenvalue weighted by Crippen LogP contribution is -2.33. The molecule has 1 aromatic carbocycles. The molecule has 0 saturated carbocycles. The number of nitrogens with one attached hydrogen (secondary N) is 1. The van der Waals surface area contributed by atoms with Crippen LogP contribution in [-0.4, -0.2) is 32.8 Å². The second-order valence-electron chi connectivity index (χ2n) is 4.06. The maximum Gasteiger partial charge on any atom is 0.405 e. The van der Waals surface area contributed by atoms with Crippen molar-refractivity contribution in [2.75, 3.05) is 6.54 Å². The minimum Gasteiger partial charge on any atom is -0.343 e. The highest BCUT2D eigenvalue weighted by Gasteiger charge is 2.28. The Hall–Kier alpha value is -1.71. The third-order valence-corrected chi connectivity index (χ3v) is 3.58. The average molecular weight is 331 g/mol. The molecule has 10 heteroatoms. The minimum atomic E-state index is -4.60. The number of carbonyl (C=O) groups is 1. The van der Waals surface area contributed by atoms with Crippen molar-refractivity contribution in [1.82, 2.24) is 5.32 Å². The fraction of sp³-hybridized carbons (Fsp3) is 0.364. The number of hydrogen-bond donors (Lipinski definition) is 1. The van der Waals surface area contributed by atoms with E-state index in [1.807, 2.05) is 0 Å². The number of amides is 1. The summed E-state index contributed by atoms with van der Waals surface area (Å²) in [4.78, 5) is 11.3. The molecule has 118 valence electrons. The predicted molar refractivity (Wildman–Crippen MR) is 63.5 cm³/mol. The van der Waals surface area contributed by atoms with Gasteiger partial charge in [-0.2, -0.15) is 22.0 Å². The fourth-order valence-corrected chi connectivity index (χ4v) is 2.11. The molecule has 0 atom stereocenters. The molecule has 0 aliphatic heterocycles. The van der Waals surface area contributed by atoms with Crippen LogP contribution in [-0.2, 0) is 15.6 Å². The zero-order valence-electron chi connectivity index (χ0n) is 10.3. The van der Waals surface area contributed by atoms with Crippen LogP contribution in [0, 0.1) is 0 Å². The summed E-state index contributed by atoms with van der Waals surface area (Å²) >= 11 is 0. The van der Waals surface area contributed by atoms with Crippen molar-refractivity contribution in [3.8, 4) is 0 Å². The second kappa shape index (κ2) is 6.37. The number of alkyl halides is 5. The molecule has 0 saturated heterocycles. The molecule has 0 fully saturated rings. The lowest BCUT2D eigenvalue weighted by atomic mass is 10.1. The van der Waals surface area contributed by atoms with Gasteiger partial charge in [0.2, 0.25) is 9.84 Å². The normalized spacial score (nSPS) is 12.5. The van der Waals surface area contributed by atoms with Gasteiger partial charge in [0, 0.05) is 5.56 Å². The van der Waals surface area contributed by atoms with Crippen LogP contribution in [0.25, 0.3) is 0 Å². The van der Waals surface area contributed by atoms with E-state index in [1.54, 1.807) is 5.32 Å². The van der Waals surface area contributed by atoms with Crippen molar-refractivity contribution in [1.29, 1.82) is 0 Å². The van der Waals surface area contributed by atoms with Crippen LogP contribution < -0.4 is 5.32 Å². The SMILES string of the molecule is O=C(NCC(F)(F)F)c1ccc(CS(=O)(=O)C(F)F)cc1. The van der Waals surface area contributed by atoms with Crippen molar-refractivity contribution in [3.05, 3.63) is 35.4 Å². The second-order valence-corrected chi connectivity index (χ2v) is 6.03. The molecule has 1 amide bonds. The summed E-state index contributed by atoms with van der Waals surface area (Å²) in [5.74, 6) is -5.45. The van der Waals surface area contributed by atoms with E-state index in [-0.39, 0.29) is 11.1 Å². The lowest BCUT2D eigenvalue weighted by Gasteiger charge is -2.09. The van der Waals surface area contributed by atoms with E-state index >= 15 is 0 Å². The Morgan fingerprint density at radius 1 is 1.14 bits per heavy atom. The number of rotatable bonds is 5. The highest BCUT2D eigenvalue weighted by Crippen LogP contribution is 2.15. The van der Waals surface area contributed by atoms with Gasteiger partial charge < -0.3 is 5.32 Å². The fourth-order valence-electron chi connectivity index (χ4n) is 1.33. The highest BCUT2D eigenvalue weighted by atomic mass is 32.2. The Morgan fingerprint density at radius 2 is 1.67 bits per heavy atom. The van der Waals surface area contributed by atoms with Crippen molar-refractivity contribution >= 4 is 15.7 Å². The van der Waals surface area contributed by atoms with Gasteiger partial charge in [-0.15, -0.1) is 0 Å². The van der Waals surface area contributed by atoms with E-state index in [2.05, 4.69) is 0 Å². The third-order valence-electron chi connectivity index (χ3n) is 2.30. The molecule has 0 bridgehead atoms. The maximum atomic E-state index is 12.2. The van der Waals surface area contributed by atoms with Crippen LogP contribution in [0.3, 0.4) is 0 Å². The summed E-state index contributed by atoms with van der Waals surface area (Å²) < 4.78 is 82.0. The van der Waals surface area contributed by atoms with Crippen LogP contribution >= 0.6 is 0 Å². The topological polar surface area (TPSA) is 63.2 Å². The van der Waals surface area contributed by atoms with E-state index in [4.69, 9.17) is 0 Å². The van der Waals surface area contributed by atoms with E-state index in [0.717, 1.165) is 24.3 Å². The monoisotopic (exact) mass is 331 g/mol. The molecule has 1 N–H and O–H groups in total. The van der Waals surface area contributed by atoms with Crippen LogP contribution in [0.4, 0.5) is 22.0 Å². The standard InChI is InChI=1S/C11H10F5NO3S/c12-10(13)21(19,20)5-7-1-3-8(4-2-7)9(18)17-6-11(14,15)16/h1-4,10H,5-6H2,(H,17,18). The number of hydrogen-bond acceptors (Lipinski definition) is 3. The van der Waals surface area contributed by atoms with Crippen LogP contribution in [0.2, 0.25) is 0 Å². The number of benzene rings is 1. The predicted octanol–water partition coefficient (Wildman–Crippen LogP) is 2.12. The highest BCUT2D eigenvalue weighted by molar-refractivity contribution is 7.90. The molecule has 0 unspecified atom stereocenters. The Bertz CT molecular complexity index is 595. The largest absolute Gasteiger partial charge is 0.405 e. The molecular formula is C11H10F5NO3S. The first-order chi connectivity index (χ1) is 9.51. The van der Waals surface area contributed by atoms with Crippen molar-refractivity contribution < 1.29 is 35.2 Å². The molecule has 0 heterocycles. The summed E-state index contributed by atoms with van der Waals surface area (Å²) in [7, 11) is -4.60. The van der Waals surface area contributed by atoms with E-state index < -0.39 is 40.0 Å². The summed E-state index contributed by atoms with van der Waals surface area (Å²) in [5.41, 5.74) is -0.139. The molecule has 1 rings (SSSR count). The Balaban J connectivity index is 2.72. The van der Waals surface area contributed by atoms with E-state index in [9.17, 15) is 35.2 Å². The van der Waals surface area contributed by atoms with Gasteiger partial charge in [0.15, 0.2) is 0 Å². The van der Waals surface area contributed by atoms with Gasteiger partial charge in [-0.3, -0.25) is 4.79 Å². The molecule has 1 aromatic rings. The first kappa shape index (κ1) is 17.3. The smallest absolute Gasteiger partial charge is 0.343 e. The molecule has 0 spiro atoms. The summed E-state index contributed by atoms with van der Waals surface area (Å²) in [6, 6.07) is 4.29. The maximum absolute atomic E-state index is 12.2. The average Bonchev–Trinajstić information content (AvgIpc) is 2.35. The van der Waals surface area contributed by atoms with Gasteiger partial charge in [0.25, 0.3) is 5.91 Å². The molecule has 0 aliphatic rings. The third kappa shape index (κ3) is 5.66. The molecular weight excluding hydrogens is 321 g/mol. The molecule has 0 radical (unpaired) electrons. The van der Waals surface area contributed by atoms with E-state index in [1.165, 1.54) is 0 Å². The minimum absolute atomic E-state index is 0.00247. The molecule has 21 heavy (non-hydrogen) atoms. The van der Waals surface area contributed by atoms with Gasteiger partial charge in [-0.25, -0.2) is 8.42 Å². The Kier molecular flexibility index (Phi) is 5.26. The number of carbonyl (C=O) groups excluding carboxylic acids is 1. The Labute approximate surface area is 116 Å². The first-order valence-corrected chi connectivity index (χ1v) is 7.16. The van der Waals surface area contributed by atoms with Gasteiger partial charge in [0.05, 0.1) is 5.75 Å². The quantitative estimate of drug-likeness (QED) is 0.841. The van der Waals surface area contributed by atoms with Crippen LogP contribution in [0.15, 0.2) is 24.3 Å². The van der Waals surface area contributed by atoms with Gasteiger partial charge in [0.1, 0.15) is 6.54 Å². The van der Waals surface area contributed by atoms with Crippen molar-refractivity contribution in [3.63, 3.8) is 0 Å². The van der Waals surface area contributed by atoms with Crippen LogP contribution in [0.1, 0.15) is 15.9 Å². The van der Waals surface area contributed by atoms with Crippen molar-refractivity contribution in [2.45, 2.75) is 17.7 Å². The molecule has 0 aliphatic carbocycles. The zero-order valence-corrected chi connectivity index (χ0v) is 11.1. The van der Waals surface area contributed by atoms with E-state index in [0.29, 0.717) is 0 Å². The summed E-state index contributed by atoms with van der Waals surface area (Å²) in [5, 5.41) is 1.62. The number of halogens is 5. The van der Waals surface area contributed by atoms with Crippen LogP contribution in [0.5, 0.6) is 0 Å².